The molecule has 0 saturated carbocycles. The summed E-state index contributed by atoms with van der Waals surface area (Å²) in [4.78, 5) is 29.1. The first kappa shape index (κ1) is 17.5. The van der Waals surface area contributed by atoms with Crippen LogP contribution < -0.4 is 10.6 Å². The Kier molecular flexibility index (Phi) is 4.40. The van der Waals surface area contributed by atoms with Gasteiger partial charge in [0.05, 0.1) is 23.8 Å². The van der Waals surface area contributed by atoms with Crippen LogP contribution in [-0.2, 0) is 20.6 Å². The van der Waals surface area contributed by atoms with Crippen molar-refractivity contribution in [3.8, 4) is 0 Å². The highest BCUT2D eigenvalue weighted by atomic mass is 16.3. The number of imidazole rings is 1. The molecule has 1 aromatic carbocycles. The lowest BCUT2D eigenvalue weighted by atomic mass is 10.3. The highest BCUT2D eigenvalue weighted by Crippen LogP contribution is 2.15. The van der Waals surface area contributed by atoms with Crippen molar-refractivity contribution >= 4 is 28.7 Å². The van der Waals surface area contributed by atoms with E-state index in [0.717, 1.165) is 16.9 Å². The van der Waals surface area contributed by atoms with Crippen molar-refractivity contribution < 1.29 is 14.0 Å². The van der Waals surface area contributed by atoms with E-state index in [1.165, 1.54) is 17.0 Å². The molecule has 9 heteroatoms. The lowest BCUT2D eigenvalue weighted by Gasteiger charge is -2.03. The number of anilines is 1. The number of para-hydroxylation sites is 2. The Morgan fingerprint density at radius 2 is 1.93 bits per heavy atom. The number of carbonyl (C=O) groups is 2. The molecule has 0 spiro atoms. The van der Waals surface area contributed by atoms with Crippen LogP contribution in [0.5, 0.6) is 0 Å². The van der Waals surface area contributed by atoms with Crippen LogP contribution >= 0.6 is 0 Å². The molecule has 0 fully saturated rings. The number of fused-ring (bicyclic) bond motifs is 1. The highest BCUT2D eigenvalue weighted by Gasteiger charge is 2.17. The van der Waals surface area contributed by atoms with E-state index in [-0.39, 0.29) is 23.9 Å². The van der Waals surface area contributed by atoms with Gasteiger partial charge in [0.2, 0.25) is 0 Å². The van der Waals surface area contributed by atoms with Crippen molar-refractivity contribution in [1.82, 2.24) is 24.6 Å². The molecule has 0 aliphatic rings. The summed E-state index contributed by atoms with van der Waals surface area (Å²) in [6.45, 7) is 0.259. The number of carbonyl (C=O) groups excluding carboxylic acids is 2. The maximum atomic E-state index is 12.5. The van der Waals surface area contributed by atoms with Gasteiger partial charge in [0, 0.05) is 20.2 Å². The molecule has 0 saturated heterocycles. The van der Waals surface area contributed by atoms with Crippen molar-refractivity contribution in [2.24, 2.45) is 14.1 Å². The number of furan rings is 1. The van der Waals surface area contributed by atoms with E-state index in [4.69, 9.17) is 4.42 Å². The molecule has 0 aliphatic heterocycles. The molecule has 28 heavy (non-hydrogen) atoms. The summed E-state index contributed by atoms with van der Waals surface area (Å²) in [6, 6.07) is 12.4. The van der Waals surface area contributed by atoms with Gasteiger partial charge in [-0.25, -0.2) is 4.98 Å². The number of hydrogen-bond donors (Lipinski definition) is 2. The van der Waals surface area contributed by atoms with Crippen LogP contribution in [-0.4, -0.2) is 31.1 Å². The monoisotopic (exact) mass is 378 g/mol. The second kappa shape index (κ2) is 7.03. The fraction of sp³-hybridized carbons (Fsp3) is 0.158. The topological polar surface area (TPSA) is 107 Å². The summed E-state index contributed by atoms with van der Waals surface area (Å²) in [5.74, 6) is 0.515. The quantitative estimate of drug-likeness (QED) is 0.553. The van der Waals surface area contributed by atoms with Gasteiger partial charge in [-0.3, -0.25) is 14.3 Å². The van der Waals surface area contributed by atoms with E-state index < -0.39 is 5.91 Å². The van der Waals surface area contributed by atoms with Gasteiger partial charge >= 0.3 is 0 Å². The molecule has 0 unspecified atom stereocenters. The third-order valence-electron chi connectivity index (χ3n) is 4.39. The Hall–Kier alpha value is -3.88. The average molecular weight is 378 g/mol. The van der Waals surface area contributed by atoms with Crippen LogP contribution in [0.3, 0.4) is 0 Å². The molecule has 4 rings (SSSR count). The van der Waals surface area contributed by atoms with Crippen LogP contribution in [0.1, 0.15) is 26.9 Å². The van der Waals surface area contributed by atoms with Crippen LogP contribution in [0, 0.1) is 0 Å². The number of hydrogen-bond acceptors (Lipinski definition) is 5. The van der Waals surface area contributed by atoms with Crippen LogP contribution in [0.2, 0.25) is 0 Å². The SMILES string of the molecule is Cn1nc(C(=O)NCc2nc3ccccc3n2C)cc1NC(=O)c1ccco1. The summed E-state index contributed by atoms with van der Waals surface area (Å²) in [5.41, 5.74) is 2.05. The van der Waals surface area contributed by atoms with E-state index in [1.807, 2.05) is 35.9 Å². The van der Waals surface area contributed by atoms with Crippen molar-refractivity contribution in [3.05, 3.63) is 66.0 Å². The first-order valence-corrected chi connectivity index (χ1v) is 8.60. The lowest BCUT2D eigenvalue weighted by Crippen LogP contribution is -2.25. The predicted octanol–water partition coefficient (Wildman–Crippen LogP) is 2.08. The number of aromatic nitrogens is 4. The maximum absolute atomic E-state index is 12.5. The maximum Gasteiger partial charge on any atom is 0.292 e. The van der Waals surface area contributed by atoms with Gasteiger partial charge in [-0.2, -0.15) is 5.10 Å². The second-order valence-electron chi connectivity index (χ2n) is 6.23. The number of aryl methyl sites for hydroxylation is 2. The van der Waals surface area contributed by atoms with Crippen LogP contribution in [0.4, 0.5) is 5.82 Å². The smallest absolute Gasteiger partial charge is 0.292 e. The molecule has 3 aromatic heterocycles. The molecule has 2 amide bonds. The summed E-state index contributed by atoms with van der Waals surface area (Å²) in [6.07, 6.45) is 1.41. The number of rotatable bonds is 5. The first-order valence-electron chi connectivity index (χ1n) is 8.60. The average Bonchev–Trinajstić information content (AvgIpc) is 3.41. The van der Waals surface area contributed by atoms with E-state index in [1.54, 1.807) is 19.2 Å². The second-order valence-corrected chi connectivity index (χ2v) is 6.23. The molecular formula is C19H18N6O3. The number of nitrogens with zero attached hydrogens (tertiary/aromatic N) is 4. The lowest BCUT2D eigenvalue weighted by molar-refractivity contribution is 0.0943. The van der Waals surface area contributed by atoms with Gasteiger partial charge in [0.15, 0.2) is 11.5 Å². The minimum Gasteiger partial charge on any atom is -0.459 e. The summed E-state index contributed by atoms with van der Waals surface area (Å²) < 4.78 is 8.41. The van der Waals surface area contributed by atoms with E-state index in [9.17, 15) is 9.59 Å². The minimum absolute atomic E-state index is 0.175. The number of nitrogens with one attached hydrogen (secondary N) is 2. The molecule has 0 bridgehead atoms. The van der Waals surface area contributed by atoms with Gasteiger partial charge in [0.1, 0.15) is 11.6 Å². The third-order valence-corrected chi connectivity index (χ3v) is 4.39. The van der Waals surface area contributed by atoms with Crippen LogP contribution in [0.15, 0.2) is 53.1 Å². The van der Waals surface area contributed by atoms with Gasteiger partial charge in [-0.1, -0.05) is 12.1 Å². The number of amides is 2. The molecule has 142 valence electrons. The van der Waals surface area contributed by atoms with Crippen molar-refractivity contribution in [2.45, 2.75) is 6.54 Å². The molecular weight excluding hydrogens is 360 g/mol. The Bertz CT molecular complexity index is 1160. The third kappa shape index (κ3) is 3.25. The predicted molar refractivity (Wildman–Crippen MR) is 102 cm³/mol. The summed E-state index contributed by atoms with van der Waals surface area (Å²) in [7, 11) is 3.54. The largest absolute Gasteiger partial charge is 0.459 e. The fourth-order valence-corrected chi connectivity index (χ4v) is 2.88. The molecule has 2 N–H and O–H groups in total. The van der Waals surface area contributed by atoms with Gasteiger partial charge in [0.25, 0.3) is 11.8 Å². The number of benzene rings is 1. The molecule has 3 heterocycles. The summed E-state index contributed by atoms with van der Waals surface area (Å²) in [5, 5.41) is 9.62. The molecule has 0 atom stereocenters. The van der Waals surface area contributed by atoms with Crippen molar-refractivity contribution in [1.29, 1.82) is 0 Å². The minimum atomic E-state index is -0.417. The molecule has 0 aliphatic carbocycles. The van der Waals surface area contributed by atoms with Crippen molar-refractivity contribution in [3.63, 3.8) is 0 Å². The van der Waals surface area contributed by atoms with E-state index in [2.05, 4.69) is 20.7 Å². The normalized spacial score (nSPS) is 10.9. The first-order chi connectivity index (χ1) is 13.5. The van der Waals surface area contributed by atoms with Crippen LogP contribution in [0.25, 0.3) is 11.0 Å². The standard InChI is InChI=1S/C19H18N6O3/c1-24-14-7-4-3-6-12(14)21-17(24)11-20-18(26)13-10-16(25(2)23-13)22-19(27)15-8-5-9-28-15/h3-10H,11H2,1-2H3,(H,20,26)(H,22,27). The Labute approximate surface area is 160 Å². The van der Waals surface area contributed by atoms with Gasteiger partial charge in [-0.15, -0.1) is 0 Å². The Morgan fingerprint density at radius 3 is 2.68 bits per heavy atom. The summed E-state index contributed by atoms with van der Waals surface area (Å²) >= 11 is 0. The molecule has 0 radical (unpaired) electrons. The fourth-order valence-electron chi connectivity index (χ4n) is 2.88. The highest BCUT2D eigenvalue weighted by molar-refractivity contribution is 6.02. The molecule has 9 nitrogen and oxygen atoms in total. The van der Waals surface area contributed by atoms with E-state index >= 15 is 0 Å². The zero-order valence-electron chi connectivity index (χ0n) is 15.3. The van der Waals surface area contributed by atoms with E-state index in [0.29, 0.717) is 5.82 Å². The Morgan fingerprint density at radius 1 is 1.11 bits per heavy atom. The van der Waals surface area contributed by atoms with Gasteiger partial charge < -0.3 is 19.6 Å². The molecule has 4 aromatic rings. The zero-order valence-corrected chi connectivity index (χ0v) is 15.3. The Balaban J connectivity index is 1.45. The van der Waals surface area contributed by atoms with Gasteiger partial charge in [-0.05, 0) is 24.3 Å². The van der Waals surface area contributed by atoms with Crippen molar-refractivity contribution in [2.75, 3.05) is 5.32 Å². The zero-order chi connectivity index (χ0) is 19.7.